The van der Waals surface area contributed by atoms with Crippen molar-refractivity contribution in [2.24, 2.45) is 0 Å². The molecular weight excluding hydrogens is 252 g/mol. The molecule has 1 heterocycles. The van der Waals surface area contributed by atoms with E-state index in [1.54, 1.807) is 36.0 Å². The molecule has 0 spiro atoms. The minimum Gasteiger partial charge on any atom is -0.426 e. The van der Waals surface area contributed by atoms with Gasteiger partial charge in [0.25, 0.3) is 0 Å². The summed E-state index contributed by atoms with van der Waals surface area (Å²) in [5.41, 5.74) is -0.00831. The third-order valence-corrected chi connectivity index (χ3v) is 2.95. The number of hydrogen-bond acceptors (Lipinski definition) is 5. The largest absolute Gasteiger partial charge is 0.426 e. The molecule has 0 atom stereocenters. The van der Waals surface area contributed by atoms with Crippen molar-refractivity contribution in [2.45, 2.75) is 6.42 Å². The van der Waals surface area contributed by atoms with E-state index in [-0.39, 0.29) is 5.97 Å². The molecule has 94 valence electrons. The second kappa shape index (κ2) is 5.73. The first-order chi connectivity index (χ1) is 8.69. The van der Waals surface area contributed by atoms with Crippen molar-refractivity contribution in [3.63, 3.8) is 0 Å². The van der Waals surface area contributed by atoms with Crippen LogP contribution in [0.2, 0.25) is 0 Å². The number of carbonyl (C=O) groups is 1. The third kappa shape index (κ3) is 3.13. The van der Waals surface area contributed by atoms with Gasteiger partial charge in [-0.3, -0.25) is 4.79 Å². The number of benzene rings is 1. The molecule has 4 nitrogen and oxygen atoms in total. The fourth-order valence-electron chi connectivity index (χ4n) is 1.47. The van der Waals surface area contributed by atoms with Crippen molar-refractivity contribution in [3.8, 4) is 5.75 Å². The van der Waals surface area contributed by atoms with E-state index in [0.717, 1.165) is 11.1 Å². The van der Waals surface area contributed by atoms with Crippen LogP contribution in [-0.2, 0) is 4.79 Å². The summed E-state index contributed by atoms with van der Waals surface area (Å²) in [5.74, 6) is 0.825. The van der Waals surface area contributed by atoms with Gasteiger partial charge in [0, 0.05) is 23.3 Å². The van der Waals surface area contributed by atoms with E-state index in [1.807, 2.05) is 6.26 Å². The quantitative estimate of drug-likeness (QED) is 0.482. The van der Waals surface area contributed by atoms with Crippen LogP contribution in [0.1, 0.15) is 6.42 Å². The number of thioether (sulfide) groups is 1. The zero-order chi connectivity index (χ0) is 13.0. The maximum absolute atomic E-state index is 11.4. The molecular formula is C13H12O4S. The lowest BCUT2D eigenvalue weighted by Gasteiger charge is -2.04. The Labute approximate surface area is 108 Å². The highest BCUT2D eigenvalue weighted by Gasteiger charge is 2.06. The Morgan fingerprint density at radius 1 is 1.33 bits per heavy atom. The van der Waals surface area contributed by atoms with Crippen LogP contribution < -0.4 is 10.4 Å². The second-order valence-corrected chi connectivity index (χ2v) is 4.66. The van der Waals surface area contributed by atoms with Gasteiger partial charge in [0.15, 0.2) is 0 Å². The van der Waals surface area contributed by atoms with Crippen molar-refractivity contribution < 1.29 is 13.9 Å². The van der Waals surface area contributed by atoms with Gasteiger partial charge < -0.3 is 9.15 Å². The third-order valence-electron chi connectivity index (χ3n) is 2.34. The van der Waals surface area contributed by atoms with Crippen molar-refractivity contribution in [2.75, 3.05) is 12.0 Å². The molecule has 0 N–H and O–H groups in total. The molecule has 1 aromatic carbocycles. The number of fused-ring (bicyclic) bond motifs is 1. The first kappa shape index (κ1) is 12.7. The fraction of sp³-hybridized carbons (Fsp3) is 0.231. The number of hydrogen-bond donors (Lipinski definition) is 0. The Balaban J connectivity index is 2.19. The lowest BCUT2D eigenvalue weighted by Crippen LogP contribution is -2.08. The van der Waals surface area contributed by atoms with Crippen LogP contribution in [0, 0.1) is 0 Å². The molecule has 0 amide bonds. The van der Waals surface area contributed by atoms with E-state index in [1.165, 1.54) is 6.07 Å². The summed E-state index contributed by atoms with van der Waals surface area (Å²) in [5, 5.41) is 0.790. The first-order valence-electron chi connectivity index (χ1n) is 5.42. The summed E-state index contributed by atoms with van der Waals surface area (Å²) < 4.78 is 10.2. The Bertz CT molecular complexity index is 618. The maximum Gasteiger partial charge on any atom is 0.336 e. The number of rotatable bonds is 4. The van der Waals surface area contributed by atoms with Gasteiger partial charge in [-0.25, -0.2) is 4.79 Å². The second-order valence-electron chi connectivity index (χ2n) is 3.67. The molecule has 0 bridgehead atoms. The summed E-state index contributed by atoms with van der Waals surface area (Å²) in [6.45, 7) is 0. The monoisotopic (exact) mass is 264 g/mol. The molecule has 2 aromatic rings. The van der Waals surface area contributed by atoms with Crippen LogP contribution >= 0.6 is 11.8 Å². The number of esters is 1. The van der Waals surface area contributed by atoms with E-state index < -0.39 is 5.63 Å². The van der Waals surface area contributed by atoms with Crippen LogP contribution in [0.4, 0.5) is 0 Å². The van der Waals surface area contributed by atoms with E-state index in [2.05, 4.69) is 0 Å². The molecule has 5 heteroatoms. The lowest BCUT2D eigenvalue weighted by molar-refractivity contribution is -0.133. The standard InChI is InChI=1S/C13H12O4S/c1-18-7-6-13(15)16-10-4-2-9-3-5-12(14)17-11(9)8-10/h2-5,8H,6-7H2,1H3. The van der Waals surface area contributed by atoms with Crippen LogP contribution in [0.25, 0.3) is 11.0 Å². The van der Waals surface area contributed by atoms with Gasteiger partial charge in [0.05, 0.1) is 6.42 Å². The van der Waals surface area contributed by atoms with Crippen LogP contribution in [0.15, 0.2) is 39.5 Å². The smallest absolute Gasteiger partial charge is 0.336 e. The SMILES string of the molecule is CSCCC(=O)Oc1ccc2ccc(=O)oc2c1. The molecule has 0 radical (unpaired) electrons. The molecule has 0 saturated carbocycles. The van der Waals surface area contributed by atoms with Gasteiger partial charge in [0.1, 0.15) is 11.3 Å². The molecule has 0 unspecified atom stereocenters. The molecule has 2 rings (SSSR count). The van der Waals surface area contributed by atoms with Crippen LogP contribution in [-0.4, -0.2) is 18.0 Å². The average Bonchev–Trinajstić information content (AvgIpc) is 2.36. The Hall–Kier alpha value is -1.75. The predicted octanol–water partition coefficient (Wildman–Crippen LogP) is 2.45. The zero-order valence-corrected chi connectivity index (χ0v) is 10.7. The predicted molar refractivity (Wildman–Crippen MR) is 71.1 cm³/mol. The van der Waals surface area contributed by atoms with Gasteiger partial charge in [-0.05, 0) is 24.5 Å². The van der Waals surface area contributed by atoms with Gasteiger partial charge in [-0.2, -0.15) is 11.8 Å². The zero-order valence-electron chi connectivity index (χ0n) is 9.84. The summed E-state index contributed by atoms with van der Waals surface area (Å²) in [4.78, 5) is 22.5. The van der Waals surface area contributed by atoms with Crippen molar-refractivity contribution in [3.05, 3.63) is 40.8 Å². The summed E-state index contributed by atoms with van der Waals surface area (Å²) in [6.07, 6.45) is 2.29. The van der Waals surface area contributed by atoms with Crippen molar-refractivity contribution >= 4 is 28.7 Å². The Morgan fingerprint density at radius 2 is 2.11 bits per heavy atom. The van der Waals surface area contributed by atoms with E-state index >= 15 is 0 Å². The molecule has 0 aliphatic rings. The normalized spacial score (nSPS) is 10.5. The summed E-state index contributed by atoms with van der Waals surface area (Å²) in [6, 6.07) is 8.00. The van der Waals surface area contributed by atoms with Crippen molar-refractivity contribution in [1.82, 2.24) is 0 Å². The highest BCUT2D eigenvalue weighted by atomic mass is 32.2. The molecule has 18 heavy (non-hydrogen) atoms. The van der Waals surface area contributed by atoms with Gasteiger partial charge in [-0.15, -0.1) is 0 Å². The van der Waals surface area contributed by atoms with Crippen LogP contribution in [0.5, 0.6) is 5.75 Å². The van der Waals surface area contributed by atoms with Crippen molar-refractivity contribution in [1.29, 1.82) is 0 Å². The highest BCUT2D eigenvalue weighted by molar-refractivity contribution is 7.98. The molecule has 0 fully saturated rings. The first-order valence-corrected chi connectivity index (χ1v) is 6.82. The molecule has 0 saturated heterocycles. The van der Waals surface area contributed by atoms with Gasteiger partial charge >= 0.3 is 11.6 Å². The van der Waals surface area contributed by atoms with Gasteiger partial charge in [-0.1, -0.05) is 0 Å². The van der Waals surface area contributed by atoms with Gasteiger partial charge in [0.2, 0.25) is 0 Å². The topological polar surface area (TPSA) is 56.5 Å². The minimum absolute atomic E-state index is 0.290. The number of carbonyl (C=O) groups excluding carboxylic acids is 1. The highest BCUT2D eigenvalue weighted by Crippen LogP contribution is 2.19. The minimum atomic E-state index is -0.423. The molecule has 1 aromatic heterocycles. The lowest BCUT2D eigenvalue weighted by atomic mass is 10.2. The Kier molecular flexibility index (Phi) is 4.04. The van der Waals surface area contributed by atoms with E-state index in [9.17, 15) is 9.59 Å². The fourth-order valence-corrected chi connectivity index (χ4v) is 1.84. The summed E-state index contributed by atoms with van der Waals surface area (Å²) >= 11 is 1.58. The van der Waals surface area contributed by atoms with E-state index in [4.69, 9.17) is 9.15 Å². The average molecular weight is 264 g/mol. The maximum atomic E-state index is 11.4. The molecule has 0 aliphatic heterocycles. The Morgan fingerprint density at radius 3 is 2.89 bits per heavy atom. The molecule has 0 aliphatic carbocycles. The summed E-state index contributed by atoms with van der Waals surface area (Å²) in [7, 11) is 0. The van der Waals surface area contributed by atoms with Crippen LogP contribution in [0.3, 0.4) is 0 Å². The number of ether oxygens (including phenoxy) is 1. The van der Waals surface area contributed by atoms with E-state index in [0.29, 0.717) is 17.8 Å².